The molecule has 0 saturated heterocycles. The van der Waals surface area contributed by atoms with Crippen molar-refractivity contribution in [2.75, 3.05) is 4.90 Å². The van der Waals surface area contributed by atoms with Crippen LogP contribution in [0.2, 0.25) is 5.02 Å². The molecule has 2 amide bonds. The van der Waals surface area contributed by atoms with Gasteiger partial charge in [0.05, 0.1) is 16.8 Å². The number of amides is 2. The maximum absolute atomic E-state index is 14.0. The highest BCUT2D eigenvalue weighted by atomic mass is 35.5. The fraction of sp³-hybridized carbons (Fsp3) is 0. The molecule has 1 aliphatic rings. The first kappa shape index (κ1) is 15.5. The number of aromatic amines is 1. The summed E-state index contributed by atoms with van der Waals surface area (Å²) in [5.74, 6) is -2.86. The van der Waals surface area contributed by atoms with Crippen LogP contribution in [0.1, 0.15) is 20.7 Å². The predicted molar refractivity (Wildman–Crippen MR) is 86.5 cm³/mol. The van der Waals surface area contributed by atoms with Gasteiger partial charge in [-0.25, -0.2) is 13.7 Å². The molecule has 0 atom stereocenters. The fourth-order valence-corrected chi connectivity index (χ4v) is 2.99. The van der Waals surface area contributed by atoms with Crippen LogP contribution < -0.4 is 4.90 Å². The van der Waals surface area contributed by atoms with Crippen molar-refractivity contribution in [1.29, 1.82) is 0 Å². The summed E-state index contributed by atoms with van der Waals surface area (Å²) < 4.78 is 27.0. The average molecular weight is 360 g/mol. The number of carbonyl (C=O) groups excluding carboxylic acids is 2. The summed E-state index contributed by atoms with van der Waals surface area (Å²) >= 11 is 6.22. The number of carbonyl (C=O) groups is 2. The van der Waals surface area contributed by atoms with Crippen LogP contribution in [0.15, 0.2) is 42.5 Å². The van der Waals surface area contributed by atoms with Crippen LogP contribution >= 0.6 is 11.6 Å². The van der Waals surface area contributed by atoms with Crippen LogP contribution in [0, 0.1) is 11.6 Å². The summed E-state index contributed by atoms with van der Waals surface area (Å²) in [4.78, 5) is 25.8. The molecular formula is C17H8ClF2N3O2. The molecular weight excluding hydrogens is 352 g/mol. The van der Waals surface area contributed by atoms with E-state index in [9.17, 15) is 18.4 Å². The van der Waals surface area contributed by atoms with Crippen molar-refractivity contribution in [3.63, 3.8) is 0 Å². The van der Waals surface area contributed by atoms with Gasteiger partial charge in [0.1, 0.15) is 16.7 Å². The molecule has 0 fully saturated rings. The van der Waals surface area contributed by atoms with Crippen LogP contribution in [0.5, 0.6) is 0 Å². The summed E-state index contributed by atoms with van der Waals surface area (Å²) in [7, 11) is 0. The summed E-state index contributed by atoms with van der Waals surface area (Å²) in [6.45, 7) is 0. The standard InChI is InChI=1S/C17H8ClF2N3O2/c18-13-14(11-6-5-8(19)7-12(11)20)21-22-15(13)23-16(24)9-3-1-2-4-10(9)17(23)25/h1-7H,(H,21,22). The molecule has 2 heterocycles. The molecule has 1 N–H and O–H groups in total. The fourth-order valence-electron chi connectivity index (χ4n) is 2.72. The molecule has 0 unspecified atom stereocenters. The highest BCUT2D eigenvalue weighted by Gasteiger charge is 2.39. The first-order valence-electron chi connectivity index (χ1n) is 7.16. The lowest BCUT2D eigenvalue weighted by Crippen LogP contribution is -2.30. The van der Waals surface area contributed by atoms with Gasteiger partial charge >= 0.3 is 0 Å². The lowest BCUT2D eigenvalue weighted by atomic mass is 10.1. The van der Waals surface area contributed by atoms with Crippen molar-refractivity contribution in [1.82, 2.24) is 10.2 Å². The minimum absolute atomic E-state index is 0.0261. The number of imide groups is 1. The van der Waals surface area contributed by atoms with E-state index in [-0.39, 0.29) is 33.2 Å². The third-order valence-electron chi connectivity index (χ3n) is 3.90. The minimum Gasteiger partial charge on any atom is -0.274 e. The smallest absolute Gasteiger partial charge is 0.267 e. The SMILES string of the molecule is O=C1c2ccccc2C(=O)N1c1n[nH]c(-c2ccc(F)cc2F)c1Cl. The van der Waals surface area contributed by atoms with Crippen molar-refractivity contribution >= 4 is 29.2 Å². The normalized spacial score (nSPS) is 13.5. The molecule has 4 rings (SSSR count). The second-order valence-electron chi connectivity index (χ2n) is 5.35. The molecule has 0 saturated carbocycles. The minimum atomic E-state index is -0.848. The van der Waals surface area contributed by atoms with E-state index in [0.717, 1.165) is 11.0 Å². The Hall–Kier alpha value is -3.06. The van der Waals surface area contributed by atoms with Gasteiger partial charge in [0.2, 0.25) is 0 Å². The molecule has 1 aliphatic heterocycles. The molecule has 0 radical (unpaired) electrons. The van der Waals surface area contributed by atoms with Gasteiger partial charge in [-0.1, -0.05) is 23.7 Å². The van der Waals surface area contributed by atoms with E-state index in [2.05, 4.69) is 10.2 Å². The molecule has 2 aromatic carbocycles. The van der Waals surface area contributed by atoms with Crippen LogP contribution in [0.3, 0.4) is 0 Å². The molecule has 8 heteroatoms. The first-order valence-corrected chi connectivity index (χ1v) is 7.54. The number of fused-ring (bicyclic) bond motifs is 1. The van der Waals surface area contributed by atoms with Crippen LogP contribution in [0.4, 0.5) is 14.6 Å². The van der Waals surface area contributed by atoms with E-state index in [1.165, 1.54) is 18.2 Å². The summed E-state index contributed by atoms with van der Waals surface area (Å²) in [5, 5.41) is 6.28. The number of nitrogens with one attached hydrogen (secondary N) is 1. The number of halogens is 3. The third kappa shape index (κ3) is 2.24. The van der Waals surface area contributed by atoms with Crippen molar-refractivity contribution in [2.45, 2.75) is 0 Å². The number of benzene rings is 2. The van der Waals surface area contributed by atoms with Gasteiger partial charge in [0.15, 0.2) is 5.82 Å². The van der Waals surface area contributed by atoms with E-state index < -0.39 is 23.4 Å². The Morgan fingerprint density at radius 3 is 2.20 bits per heavy atom. The number of anilines is 1. The number of hydrogen-bond donors (Lipinski definition) is 1. The Labute approximate surface area is 144 Å². The number of H-pyrrole nitrogens is 1. The molecule has 5 nitrogen and oxygen atoms in total. The van der Waals surface area contributed by atoms with Gasteiger partial charge < -0.3 is 0 Å². The zero-order valence-electron chi connectivity index (χ0n) is 12.4. The quantitative estimate of drug-likeness (QED) is 0.707. The Morgan fingerprint density at radius 1 is 0.960 bits per heavy atom. The molecule has 0 bridgehead atoms. The van der Waals surface area contributed by atoms with Gasteiger partial charge in [-0.15, -0.1) is 0 Å². The van der Waals surface area contributed by atoms with Crippen LogP contribution in [-0.2, 0) is 0 Å². The number of aromatic nitrogens is 2. The predicted octanol–water partition coefficient (Wildman–Crippen LogP) is 3.81. The van der Waals surface area contributed by atoms with Crippen molar-refractivity contribution in [3.8, 4) is 11.3 Å². The largest absolute Gasteiger partial charge is 0.274 e. The van der Waals surface area contributed by atoms with Gasteiger partial charge in [-0.3, -0.25) is 14.7 Å². The summed E-state index contributed by atoms with van der Waals surface area (Å²) in [6.07, 6.45) is 0. The third-order valence-corrected chi connectivity index (χ3v) is 4.25. The van der Waals surface area contributed by atoms with E-state index in [0.29, 0.717) is 6.07 Å². The Bertz CT molecular complexity index is 1010. The molecule has 0 aliphatic carbocycles. The highest BCUT2D eigenvalue weighted by Crippen LogP contribution is 2.38. The van der Waals surface area contributed by atoms with E-state index in [4.69, 9.17) is 11.6 Å². The van der Waals surface area contributed by atoms with E-state index in [1.807, 2.05) is 0 Å². The molecule has 0 spiro atoms. The molecule has 3 aromatic rings. The topological polar surface area (TPSA) is 66.1 Å². The zero-order chi connectivity index (χ0) is 17.7. The summed E-state index contributed by atoms with van der Waals surface area (Å²) in [6, 6.07) is 9.28. The number of rotatable bonds is 2. The monoisotopic (exact) mass is 359 g/mol. The van der Waals surface area contributed by atoms with Crippen molar-refractivity contribution in [3.05, 3.63) is 70.2 Å². The van der Waals surface area contributed by atoms with E-state index in [1.54, 1.807) is 12.1 Å². The Kier molecular flexibility index (Phi) is 3.40. The second-order valence-corrected chi connectivity index (χ2v) is 5.73. The molecule has 1 aromatic heterocycles. The van der Waals surface area contributed by atoms with Gasteiger partial charge in [-0.05, 0) is 24.3 Å². The van der Waals surface area contributed by atoms with Crippen LogP contribution in [-0.4, -0.2) is 22.0 Å². The Morgan fingerprint density at radius 2 is 1.60 bits per heavy atom. The van der Waals surface area contributed by atoms with Gasteiger partial charge in [0, 0.05) is 11.6 Å². The van der Waals surface area contributed by atoms with Crippen molar-refractivity contribution in [2.24, 2.45) is 0 Å². The molecule has 25 heavy (non-hydrogen) atoms. The van der Waals surface area contributed by atoms with Gasteiger partial charge in [-0.2, -0.15) is 5.10 Å². The maximum Gasteiger partial charge on any atom is 0.267 e. The molecule has 124 valence electrons. The Balaban J connectivity index is 1.81. The number of hydrogen-bond acceptors (Lipinski definition) is 3. The lowest BCUT2D eigenvalue weighted by Gasteiger charge is -2.10. The average Bonchev–Trinajstić information content (AvgIpc) is 3.07. The van der Waals surface area contributed by atoms with E-state index >= 15 is 0 Å². The second kappa shape index (κ2) is 5.49. The summed E-state index contributed by atoms with van der Waals surface area (Å²) in [5.41, 5.74) is 0.495. The highest BCUT2D eigenvalue weighted by molar-refractivity contribution is 6.40. The van der Waals surface area contributed by atoms with Gasteiger partial charge in [0.25, 0.3) is 11.8 Å². The first-order chi connectivity index (χ1) is 12.0. The van der Waals surface area contributed by atoms with Crippen LogP contribution in [0.25, 0.3) is 11.3 Å². The lowest BCUT2D eigenvalue weighted by molar-refractivity contribution is 0.0925. The maximum atomic E-state index is 14.0. The zero-order valence-corrected chi connectivity index (χ0v) is 13.1. The number of nitrogens with zero attached hydrogens (tertiary/aromatic N) is 2. The van der Waals surface area contributed by atoms with Crippen molar-refractivity contribution < 1.29 is 18.4 Å².